The number of aliphatic hydroxyl groups excluding tert-OH is 1. The summed E-state index contributed by atoms with van der Waals surface area (Å²) in [5, 5.41) is 14.3. The number of hydrogen-bond donors (Lipinski definition) is 3. The number of urea groups is 1. The second-order valence-corrected chi connectivity index (χ2v) is 3.35. The van der Waals surface area contributed by atoms with E-state index >= 15 is 0 Å². The van der Waals surface area contributed by atoms with E-state index in [1.165, 1.54) is 0 Å². The minimum Gasteiger partial charge on any atom is -0.396 e. The molecule has 0 saturated heterocycles. The maximum atomic E-state index is 11.1. The van der Waals surface area contributed by atoms with Gasteiger partial charge in [-0.1, -0.05) is 13.8 Å². The summed E-state index contributed by atoms with van der Waals surface area (Å²) in [5.74, 6) is 0.0902. The van der Waals surface area contributed by atoms with Crippen molar-refractivity contribution in [1.82, 2.24) is 10.6 Å². The fraction of sp³-hybridized carbons (Fsp3) is 0.889. The van der Waals surface area contributed by atoms with Crippen molar-refractivity contribution < 1.29 is 9.90 Å². The Morgan fingerprint density at radius 3 is 2.54 bits per heavy atom. The maximum absolute atomic E-state index is 11.1. The summed E-state index contributed by atoms with van der Waals surface area (Å²) < 4.78 is 0. The molecule has 0 radical (unpaired) electrons. The first-order valence-electron chi connectivity index (χ1n) is 4.77. The molecule has 0 aromatic rings. The van der Waals surface area contributed by atoms with E-state index < -0.39 is 0 Å². The summed E-state index contributed by atoms with van der Waals surface area (Å²) in [6.07, 6.45) is 0.928. The Bertz CT molecular complexity index is 151. The maximum Gasteiger partial charge on any atom is 0.315 e. The van der Waals surface area contributed by atoms with E-state index in [0.29, 0.717) is 6.54 Å². The largest absolute Gasteiger partial charge is 0.396 e. The molecule has 0 saturated carbocycles. The van der Waals surface area contributed by atoms with Gasteiger partial charge in [0, 0.05) is 19.2 Å². The van der Waals surface area contributed by atoms with E-state index in [1.54, 1.807) is 0 Å². The average molecular weight is 188 g/mol. The second kappa shape index (κ2) is 6.71. The fourth-order valence-corrected chi connectivity index (χ4v) is 0.797. The van der Waals surface area contributed by atoms with Crippen LogP contribution in [0.4, 0.5) is 4.79 Å². The number of carbonyl (C=O) groups is 1. The highest BCUT2D eigenvalue weighted by Crippen LogP contribution is 1.99. The minimum absolute atomic E-state index is 0.00172. The Hall–Kier alpha value is -0.770. The molecular weight excluding hydrogens is 168 g/mol. The zero-order valence-corrected chi connectivity index (χ0v) is 8.63. The molecule has 3 N–H and O–H groups in total. The van der Waals surface area contributed by atoms with Crippen molar-refractivity contribution in [2.24, 2.45) is 5.92 Å². The lowest BCUT2D eigenvalue weighted by Crippen LogP contribution is -2.44. The smallest absolute Gasteiger partial charge is 0.315 e. The van der Waals surface area contributed by atoms with Crippen LogP contribution in [0.5, 0.6) is 0 Å². The summed E-state index contributed by atoms with van der Waals surface area (Å²) in [7, 11) is 0. The van der Waals surface area contributed by atoms with E-state index in [0.717, 1.165) is 6.42 Å². The molecule has 4 heteroatoms. The van der Waals surface area contributed by atoms with Crippen LogP contribution in [0.3, 0.4) is 0 Å². The molecule has 0 fully saturated rings. The van der Waals surface area contributed by atoms with Crippen molar-refractivity contribution in [2.45, 2.75) is 33.2 Å². The molecule has 13 heavy (non-hydrogen) atoms. The summed E-state index contributed by atoms with van der Waals surface area (Å²) in [5.41, 5.74) is 0. The Morgan fingerprint density at radius 1 is 1.46 bits per heavy atom. The molecule has 2 amide bonds. The molecule has 0 aromatic carbocycles. The van der Waals surface area contributed by atoms with E-state index in [9.17, 15) is 4.79 Å². The molecule has 0 heterocycles. The lowest BCUT2D eigenvalue weighted by Gasteiger charge is -2.19. The molecule has 78 valence electrons. The summed E-state index contributed by atoms with van der Waals surface area (Å²) in [4.78, 5) is 11.1. The third-order valence-electron chi connectivity index (χ3n) is 2.04. The van der Waals surface area contributed by atoms with Crippen LogP contribution in [0, 0.1) is 5.92 Å². The van der Waals surface area contributed by atoms with Crippen molar-refractivity contribution in [3.63, 3.8) is 0 Å². The first kappa shape index (κ1) is 12.2. The van der Waals surface area contributed by atoms with E-state index in [2.05, 4.69) is 10.6 Å². The van der Waals surface area contributed by atoms with E-state index in [4.69, 9.17) is 5.11 Å². The van der Waals surface area contributed by atoms with Crippen molar-refractivity contribution >= 4 is 6.03 Å². The Kier molecular flexibility index (Phi) is 6.32. The third kappa shape index (κ3) is 5.47. The molecule has 2 unspecified atom stereocenters. The molecule has 0 bridgehead atoms. The predicted molar refractivity (Wildman–Crippen MR) is 52.5 cm³/mol. The molecule has 0 aliphatic rings. The highest BCUT2D eigenvalue weighted by atomic mass is 16.3. The first-order valence-corrected chi connectivity index (χ1v) is 4.77. The van der Waals surface area contributed by atoms with Gasteiger partial charge >= 0.3 is 6.03 Å². The molecule has 0 aliphatic carbocycles. The SMILES string of the molecule is CCCNC(=O)NC(C)C(C)CO. The molecule has 0 aliphatic heterocycles. The molecule has 4 nitrogen and oxygen atoms in total. The zero-order chi connectivity index (χ0) is 10.3. The zero-order valence-electron chi connectivity index (χ0n) is 8.63. The second-order valence-electron chi connectivity index (χ2n) is 3.35. The fourth-order valence-electron chi connectivity index (χ4n) is 0.797. The van der Waals surface area contributed by atoms with Crippen LogP contribution in [0.2, 0.25) is 0 Å². The van der Waals surface area contributed by atoms with Crippen molar-refractivity contribution in [3.05, 3.63) is 0 Å². The van der Waals surface area contributed by atoms with Crippen molar-refractivity contribution in [3.8, 4) is 0 Å². The quantitative estimate of drug-likeness (QED) is 0.595. The van der Waals surface area contributed by atoms with Crippen LogP contribution in [0.15, 0.2) is 0 Å². The minimum atomic E-state index is -0.158. The summed E-state index contributed by atoms with van der Waals surface area (Å²) in [6.45, 7) is 6.55. The van der Waals surface area contributed by atoms with Crippen LogP contribution >= 0.6 is 0 Å². The summed E-state index contributed by atoms with van der Waals surface area (Å²) in [6, 6.07) is -0.156. The van der Waals surface area contributed by atoms with E-state index in [1.807, 2.05) is 20.8 Å². The molecule has 2 atom stereocenters. The van der Waals surface area contributed by atoms with Crippen LogP contribution in [-0.2, 0) is 0 Å². The number of hydrogen-bond acceptors (Lipinski definition) is 2. The van der Waals surface area contributed by atoms with Crippen molar-refractivity contribution in [2.75, 3.05) is 13.2 Å². The first-order chi connectivity index (χ1) is 6.11. The highest BCUT2D eigenvalue weighted by Gasteiger charge is 2.12. The van der Waals surface area contributed by atoms with Gasteiger partial charge in [-0.3, -0.25) is 0 Å². The van der Waals surface area contributed by atoms with Gasteiger partial charge in [-0.25, -0.2) is 4.79 Å². The Morgan fingerprint density at radius 2 is 2.08 bits per heavy atom. The van der Waals surface area contributed by atoms with Gasteiger partial charge in [0.1, 0.15) is 0 Å². The van der Waals surface area contributed by atoms with Crippen LogP contribution in [-0.4, -0.2) is 30.3 Å². The lowest BCUT2D eigenvalue weighted by atomic mass is 10.1. The summed E-state index contributed by atoms with van der Waals surface area (Å²) >= 11 is 0. The lowest BCUT2D eigenvalue weighted by molar-refractivity contribution is 0.200. The van der Waals surface area contributed by atoms with Gasteiger partial charge < -0.3 is 15.7 Å². The average Bonchev–Trinajstić information content (AvgIpc) is 2.13. The van der Waals surface area contributed by atoms with Crippen LogP contribution in [0.25, 0.3) is 0 Å². The number of carbonyl (C=O) groups excluding carboxylic acids is 1. The van der Waals surface area contributed by atoms with Gasteiger partial charge in [0.15, 0.2) is 0 Å². The molecular formula is C9H20N2O2. The standard InChI is InChI=1S/C9H20N2O2/c1-4-5-10-9(13)11-8(3)7(2)6-12/h7-8,12H,4-6H2,1-3H3,(H2,10,11,13). The van der Waals surface area contributed by atoms with E-state index in [-0.39, 0.29) is 24.6 Å². The van der Waals surface area contributed by atoms with Gasteiger partial charge in [-0.2, -0.15) is 0 Å². The van der Waals surface area contributed by atoms with Gasteiger partial charge in [0.05, 0.1) is 0 Å². The number of rotatable bonds is 5. The van der Waals surface area contributed by atoms with Gasteiger partial charge in [-0.15, -0.1) is 0 Å². The van der Waals surface area contributed by atoms with Crippen molar-refractivity contribution in [1.29, 1.82) is 0 Å². The normalized spacial score (nSPS) is 14.8. The number of amides is 2. The van der Waals surface area contributed by atoms with Crippen LogP contribution < -0.4 is 10.6 Å². The Labute approximate surface area is 79.7 Å². The highest BCUT2D eigenvalue weighted by molar-refractivity contribution is 5.74. The Balaban J connectivity index is 3.64. The van der Waals surface area contributed by atoms with Gasteiger partial charge in [0.25, 0.3) is 0 Å². The molecule has 0 spiro atoms. The van der Waals surface area contributed by atoms with Gasteiger partial charge in [0.2, 0.25) is 0 Å². The van der Waals surface area contributed by atoms with Crippen LogP contribution in [0.1, 0.15) is 27.2 Å². The monoisotopic (exact) mass is 188 g/mol. The molecule has 0 aromatic heterocycles. The van der Waals surface area contributed by atoms with Gasteiger partial charge in [-0.05, 0) is 19.3 Å². The molecule has 0 rings (SSSR count). The topological polar surface area (TPSA) is 61.4 Å². The third-order valence-corrected chi connectivity index (χ3v) is 2.04. The predicted octanol–water partition coefficient (Wildman–Crippen LogP) is 0.712. The number of nitrogens with one attached hydrogen (secondary N) is 2. The number of aliphatic hydroxyl groups is 1.